The summed E-state index contributed by atoms with van der Waals surface area (Å²) in [5.74, 6) is 0.358. The Labute approximate surface area is 104 Å². The third kappa shape index (κ3) is 2.22. The van der Waals surface area contributed by atoms with Crippen LogP contribution in [-0.2, 0) is 11.8 Å². The van der Waals surface area contributed by atoms with Gasteiger partial charge >= 0.3 is 0 Å². The van der Waals surface area contributed by atoms with Crippen molar-refractivity contribution in [3.05, 3.63) is 36.3 Å². The number of rotatable bonds is 4. The van der Waals surface area contributed by atoms with E-state index >= 15 is 0 Å². The average molecular weight is 248 g/mol. The molecule has 3 rings (SSSR count). The Bertz CT molecular complexity index is 564. The van der Waals surface area contributed by atoms with Crippen molar-refractivity contribution in [3.63, 3.8) is 0 Å². The summed E-state index contributed by atoms with van der Waals surface area (Å²) in [6.45, 7) is 1.23. The Kier molecular flexibility index (Phi) is 2.76. The van der Waals surface area contributed by atoms with Gasteiger partial charge in [0.1, 0.15) is 24.3 Å². The van der Waals surface area contributed by atoms with Crippen LogP contribution in [0.4, 0.5) is 4.39 Å². The average Bonchev–Trinajstić information content (AvgIpc) is 3.09. The smallest absolute Gasteiger partial charge is 0.129 e. The zero-order valence-corrected chi connectivity index (χ0v) is 9.97. The first-order chi connectivity index (χ1) is 8.74. The number of epoxide rings is 1. The lowest BCUT2D eigenvalue weighted by molar-refractivity contribution is 0.263. The van der Waals surface area contributed by atoms with Crippen molar-refractivity contribution in [3.8, 4) is 17.0 Å². The summed E-state index contributed by atoms with van der Waals surface area (Å²) in [4.78, 5) is 0. The summed E-state index contributed by atoms with van der Waals surface area (Å²) in [5, 5.41) is 4.09. The molecular weight excluding hydrogens is 235 g/mol. The second-order valence-corrected chi connectivity index (χ2v) is 4.25. The zero-order valence-electron chi connectivity index (χ0n) is 9.97. The van der Waals surface area contributed by atoms with Crippen molar-refractivity contribution in [1.82, 2.24) is 9.78 Å². The lowest BCUT2D eigenvalue weighted by Gasteiger charge is -2.11. The molecule has 5 heteroatoms. The van der Waals surface area contributed by atoms with Gasteiger partial charge in [-0.3, -0.25) is 4.68 Å². The number of aromatic nitrogens is 2. The Morgan fingerprint density at radius 1 is 1.50 bits per heavy atom. The van der Waals surface area contributed by atoms with Crippen molar-refractivity contribution < 1.29 is 13.9 Å². The van der Waals surface area contributed by atoms with Gasteiger partial charge in [0.25, 0.3) is 0 Å². The molecule has 1 aromatic heterocycles. The highest BCUT2D eigenvalue weighted by molar-refractivity contribution is 5.67. The van der Waals surface area contributed by atoms with E-state index in [1.165, 1.54) is 12.1 Å². The monoisotopic (exact) mass is 248 g/mol. The van der Waals surface area contributed by atoms with E-state index in [0.29, 0.717) is 17.9 Å². The van der Waals surface area contributed by atoms with Gasteiger partial charge in [0.2, 0.25) is 0 Å². The maximum atomic E-state index is 13.4. The van der Waals surface area contributed by atoms with Crippen molar-refractivity contribution >= 4 is 0 Å². The van der Waals surface area contributed by atoms with E-state index in [1.807, 2.05) is 13.1 Å². The molecule has 18 heavy (non-hydrogen) atoms. The van der Waals surface area contributed by atoms with E-state index in [0.717, 1.165) is 12.3 Å². The molecule has 0 aliphatic carbocycles. The second kappa shape index (κ2) is 4.42. The van der Waals surface area contributed by atoms with Crippen LogP contribution in [0.2, 0.25) is 0 Å². The van der Waals surface area contributed by atoms with E-state index in [2.05, 4.69) is 5.10 Å². The highest BCUT2D eigenvalue weighted by Crippen LogP contribution is 2.30. The standard InChI is InChI=1S/C13H13FN2O2/c1-16-12(4-5-15-16)11-6-9(14)2-3-13(11)18-8-10-7-17-10/h2-6,10H,7-8H2,1H3. The summed E-state index contributed by atoms with van der Waals surface area (Å²) in [5.41, 5.74) is 1.52. The summed E-state index contributed by atoms with van der Waals surface area (Å²) >= 11 is 0. The number of aryl methyl sites for hydroxylation is 1. The fourth-order valence-electron chi connectivity index (χ4n) is 1.81. The van der Waals surface area contributed by atoms with Crippen LogP contribution in [0.25, 0.3) is 11.3 Å². The highest BCUT2D eigenvalue weighted by atomic mass is 19.1. The molecular formula is C13H13FN2O2. The third-order valence-corrected chi connectivity index (χ3v) is 2.87. The lowest BCUT2D eigenvalue weighted by Crippen LogP contribution is -2.06. The minimum Gasteiger partial charge on any atom is -0.490 e. The largest absolute Gasteiger partial charge is 0.490 e. The molecule has 94 valence electrons. The van der Waals surface area contributed by atoms with Crippen LogP contribution in [0.15, 0.2) is 30.5 Å². The fourth-order valence-corrected chi connectivity index (χ4v) is 1.81. The maximum Gasteiger partial charge on any atom is 0.129 e. The predicted molar refractivity (Wildman–Crippen MR) is 63.8 cm³/mol. The SMILES string of the molecule is Cn1nccc1-c1cc(F)ccc1OCC1CO1. The summed E-state index contributed by atoms with van der Waals surface area (Å²) in [6, 6.07) is 6.32. The molecule has 0 saturated carbocycles. The van der Waals surface area contributed by atoms with Gasteiger partial charge in [-0.25, -0.2) is 4.39 Å². The lowest BCUT2D eigenvalue weighted by atomic mass is 10.1. The summed E-state index contributed by atoms with van der Waals surface area (Å²) in [7, 11) is 1.81. The molecule has 1 saturated heterocycles. The van der Waals surface area contributed by atoms with Gasteiger partial charge in [-0.1, -0.05) is 0 Å². The predicted octanol–water partition coefficient (Wildman–Crippen LogP) is 2.00. The van der Waals surface area contributed by atoms with Crippen LogP contribution in [0.3, 0.4) is 0 Å². The molecule has 1 aromatic carbocycles. The van der Waals surface area contributed by atoms with Crippen LogP contribution in [0, 0.1) is 5.82 Å². The normalized spacial score (nSPS) is 17.8. The molecule has 1 atom stereocenters. The topological polar surface area (TPSA) is 39.6 Å². The summed E-state index contributed by atoms with van der Waals surface area (Å²) < 4.78 is 25.8. The van der Waals surface area contributed by atoms with Gasteiger partial charge in [0, 0.05) is 18.8 Å². The van der Waals surface area contributed by atoms with Crippen molar-refractivity contribution in [2.24, 2.45) is 7.05 Å². The minimum atomic E-state index is -0.291. The van der Waals surface area contributed by atoms with Gasteiger partial charge in [0.15, 0.2) is 0 Å². The molecule has 0 bridgehead atoms. The van der Waals surface area contributed by atoms with Gasteiger partial charge in [-0.15, -0.1) is 0 Å². The minimum absolute atomic E-state index is 0.175. The van der Waals surface area contributed by atoms with Gasteiger partial charge < -0.3 is 9.47 Å². The number of halogens is 1. The van der Waals surface area contributed by atoms with E-state index in [9.17, 15) is 4.39 Å². The first kappa shape index (κ1) is 11.2. The van der Waals surface area contributed by atoms with Crippen molar-refractivity contribution in [2.75, 3.05) is 13.2 Å². The molecule has 0 radical (unpaired) electrons. The van der Waals surface area contributed by atoms with Crippen LogP contribution < -0.4 is 4.74 Å². The number of hydrogen-bond acceptors (Lipinski definition) is 3. The number of ether oxygens (including phenoxy) is 2. The number of nitrogens with zero attached hydrogens (tertiary/aromatic N) is 2. The number of hydrogen-bond donors (Lipinski definition) is 0. The molecule has 2 heterocycles. The molecule has 4 nitrogen and oxygen atoms in total. The molecule has 1 aliphatic heterocycles. The second-order valence-electron chi connectivity index (χ2n) is 4.25. The Morgan fingerprint density at radius 2 is 2.33 bits per heavy atom. The fraction of sp³-hybridized carbons (Fsp3) is 0.308. The number of benzene rings is 1. The molecule has 0 N–H and O–H groups in total. The Hall–Kier alpha value is -1.88. The molecule has 2 aromatic rings. The van der Waals surface area contributed by atoms with Gasteiger partial charge in [-0.2, -0.15) is 5.10 Å². The zero-order chi connectivity index (χ0) is 12.5. The molecule has 1 fully saturated rings. The summed E-state index contributed by atoms with van der Waals surface area (Å²) in [6.07, 6.45) is 1.85. The van der Waals surface area contributed by atoms with E-state index in [4.69, 9.17) is 9.47 Å². The molecule has 0 spiro atoms. The van der Waals surface area contributed by atoms with E-state index in [-0.39, 0.29) is 11.9 Å². The van der Waals surface area contributed by atoms with Gasteiger partial charge in [0.05, 0.1) is 12.3 Å². The quantitative estimate of drug-likeness (QED) is 0.777. The van der Waals surface area contributed by atoms with Gasteiger partial charge in [-0.05, 0) is 24.3 Å². The van der Waals surface area contributed by atoms with E-state index in [1.54, 1.807) is 16.9 Å². The van der Waals surface area contributed by atoms with Crippen molar-refractivity contribution in [1.29, 1.82) is 0 Å². The first-order valence-electron chi connectivity index (χ1n) is 5.76. The van der Waals surface area contributed by atoms with Crippen LogP contribution in [0.5, 0.6) is 5.75 Å². The Balaban J connectivity index is 1.94. The Morgan fingerprint density at radius 3 is 3.00 bits per heavy atom. The van der Waals surface area contributed by atoms with Crippen LogP contribution in [0.1, 0.15) is 0 Å². The molecule has 1 aliphatic rings. The molecule has 1 unspecified atom stereocenters. The van der Waals surface area contributed by atoms with E-state index < -0.39 is 0 Å². The maximum absolute atomic E-state index is 13.4. The van der Waals surface area contributed by atoms with Crippen molar-refractivity contribution in [2.45, 2.75) is 6.10 Å². The molecule has 0 amide bonds. The highest BCUT2D eigenvalue weighted by Gasteiger charge is 2.24. The first-order valence-corrected chi connectivity index (χ1v) is 5.76. The third-order valence-electron chi connectivity index (χ3n) is 2.87. The van der Waals surface area contributed by atoms with Crippen LogP contribution >= 0.6 is 0 Å². The van der Waals surface area contributed by atoms with Crippen LogP contribution in [-0.4, -0.2) is 29.1 Å².